The Morgan fingerprint density at radius 2 is 2.25 bits per heavy atom. The van der Waals surface area contributed by atoms with Crippen molar-refractivity contribution in [1.29, 1.82) is 0 Å². The van der Waals surface area contributed by atoms with Gasteiger partial charge < -0.3 is 5.73 Å². The summed E-state index contributed by atoms with van der Waals surface area (Å²) in [5.41, 5.74) is 10.2. The second-order valence-corrected chi connectivity index (χ2v) is 4.88. The number of hydrogen-bond donors (Lipinski definition) is 1. The van der Waals surface area contributed by atoms with Crippen LogP contribution in [0.1, 0.15) is 43.0 Å². The van der Waals surface area contributed by atoms with E-state index in [-0.39, 0.29) is 0 Å². The third kappa shape index (κ3) is 1.87. The van der Waals surface area contributed by atoms with Crippen LogP contribution in [-0.2, 0) is 6.54 Å². The molecule has 2 heteroatoms. The topological polar surface area (TPSA) is 29.3 Å². The minimum absolute atomic E-state index is 0.421. The van der Waals surface area contributed by atoms with E-state index < -0.39 is 0 Å². The highest BCUT2D eigenvalue weighted by atomic mass is 15.2. The summed E-state index contributed by atoms with van der Waals surface area (Å²) in [5.74, 6) is 0. The Morgan fingerprint density at radius 3 is 2.88 bits per heavy atom. The summed E-state index contributed by atoms with van der Waals surface area (Å²) in [6.45, 7) is 8.47. The Kier molecular flexibility index (Phi) is 3.31. The fraction of sp³-hybridized carbons (Fsp3) is 0.571. The van der Waals surface area contributed by atoms with Crippen molar-refractivity contribution in [3.63, 3.8) is 0 Å². The molecule has 1 aliphatic heterocycles. The van der Waals surface area contributed by atoms with Crippen molar-refractivity contribution >= 4 is 0 Å². The quantitative estimate of drug-likeness (QED) is 0.845. The summed E-state index contributed by atoms with van der Waals surface area (Å²) in [4.78, 5) is 2.53. The predicted molar refractivity (Wildman–Crippen MR) is 68.3 cm³/mol. The van der Waals surface area contributed by atoms with Gasteiger partial charge in [-0.3, -0.25) is 4.90 Å². The average molecular weight is 218 g/mol. The molecular weight excluding hydrogens is 196 g/mol. The van der Waals surface area contributed by atoms with Crippen LogP contribution in [0, 0.1) is 6.92 Å². The van der Waals surface area contributed by atoms with E-state index in [0.29, 0.717) is 12.1 Å². The lowest BCUT2D eigenvalue weighted by atomic mass is 10.0. The largest absolute Gasteiger partial charge is 0.329 e. The van der Waals surface area contributed by atoms with Crippen molar-refractivity contribution in [2.45, 2.75) is 45.8 Å². The van der Waals surface area contributed by atoms with Gasteiger partial charge in [0.2, 0.25) is 0 Å². The molecule has 2 atom stereocenters. The number of nitrogens with two attached hydrogens (primary N) is 1. The Balaban J connectivity index is 2.32. The van der Waals surface area contributed by atoms with Crippen LogP contribution in [0.2, 0.25) is 0 Å². The van der Waals surface area contributed by atoms with Crippen molar-refractivity contribution in [2.75, 3.05) is 6.54 Å². The van der Waals surface area contributed by atoms with E-state index in [1.54, 1.807) is 0 Å². The zero-order valence-corrected chi connectivity index (χ0v) is 10.5. The van der Waals surface area contributed by atoms with Crippen molar-refractivity contribution in [1.82, 2.24) is 4.90 Å². The molecule has 2 nitrogen and oxygen atoms in total. The van der Waals surface area contributed by atoms with Gasteiger partial charge in [-0.25, -0.2) is 0 Å². The van der Waals surface area contributed by atoms with Crippen LogP contribution in [0.3, 0.4) is 0 Å². The fourth-order valence-corrected chi connectivity index (χ4v) is 2.61. The highest BCUT2D eigenvalue weighted by Gasteiger charge is 2.31. The third-order valence-corrected chi connectivity index (χ3v) is 3.79. The number of rotatable bonds is 3. The van der Waals surface area contributed by atoms with E-state index in [1.165, 1.54) is 23.1 Å². The molecule has 1 aromatic carbocycles. The highest BCUT2D eigenvalue weighted by molar-refractivity contribution is 5.37. The number of benzene rings is 1. The number of fused-ring (bicyclic) bond motifs is 1. The summed E-state index contributed by atoms with van der Waals surface area (Å²) in [5, 5.41) is 0. The van der Waals surface area contributed by atoms with Crippen molar-refractivity contribution in [3.8, 4) is 0 Å². The number of aryl methyl sites for hydroxylation is 1. The molecule has 0 bridgehead atoms. The summed E-state index contributed by atoms with van der Waals surface area (Å²) in [7, 11) is 0. The van der Waals surface area contributed by atoms with Crippen LogP contribution in [0.25, 0.3) is 0 Å². The average Bonchev–Trinajstić information content (AvgIpc) is 2.65. The summed E-state index contributed by atoms with van der Waals surface area (Å²) >= 11 is 0. The zero-order chi connectivity index (χ0) is 11.7. The monoisotopic (exact) mass is 218 g/mol. The summed E-state index contributed by atoms with van der Waals surface area (Å²) < 4.78 is 0. The zero-order valence-electron chi connectivity index (χ0n) is 10.5. The Morgan fingerprint density at radius 1 is 1.50 bits per heavy atom. The molecule has 16 heavy (non-hydrogen) atoms. The molecule has 0 saturated heterocycles. The SMILES string of the molecule is CCC(C)N1Cc2ccc(C)cc2C1CN. The van der Waals surface area contributed by atoms with Gasteiger partial charge in [0.05, 0.1) is 0 Å². The van der Waals surface area contributed by atoms with Gasteiger partial charge in [-0.1, -0.05) is 30.7 Å². The number of nitrogens with zero attached hydrogens (tertiary/aromatic N) is 1. The van der Waals surface area contributed by atoms with Crippen molar-refractivity contribution in [3.05, 3.63) is 34.9 Å². The Hall–Kier alpha value is -0.860. The minimum atomic E-state index is 0.421. The van der Waals surface area contributed by atoms with Gasteiger partial charge in [-0.2, -0.15) is 0 Å². The molecule has 0 aliphatic carbocycles. The molecule has 0 aromatic heterocycles. The fourth-order valence-electron chi connectivity index (χ4n) is 2.61. The lowest BCUT2D eigenvalue weighted by Crippen LogP contribution is -2.34. The second-order valence-electron chi connectivity index (χ2n) is 4.88. The lowest BCUT2D eigenvalue weighted by Gasteiger charge is -2.29. The molecule has 0 amide bonds. The standard InChI is InChI=1S/C14H22N2/c1-4-11(3)16-9-12-6-5-10(2)7-13(12)14(16)8-15/h5-7,11,14H,4,8-9,15H2,1-3H3. The molecule has 2 N–H and O–H groups in total. The molecule has 0 saturated carbocycles. The summed E-state index contributed by atoms with van der Waals surface area (Å²) in [6, 6.07) is 7.79. The first kappa shape index (κ1) is 11.6. The summed E-state index contributed by atoms with van der Waals surface area (Å²) in [6.07, 6.45) is 1.18. The third-order valence-electron chi connectivity index (χ3n) is 3.79. The van der Waals surface area contributed by atoms with E-state index in [0.717, 1.165) is 13.1 Å². The minimum Gasteiger partial charge on any atom is -0.329 e. The van der Waals surface area contributed by atoms with Gasteiger partial charge in [0.25, 0.3) is 0 Å². The van der Waals surface area contributed by atoms with Crippen LogP contribution in [0.5, 0.6) is 0 Å². The first-order chi connectivity index (χ1) is 7.67. The smallest absolute Gasteiger partial charge is 0.0480 e. The van der Waals surface area contributed by atoms with Crippen LogP contribution in [0.4, 0.5) is 0 Å². The molecular formula is C14H22N2. The van der Waals surface area contributed by atoms with Gasteiger partial charge in [0.15, 0.2) is 0 Å². The van der Waals surface area contributed by atoms with Gasteiger partial charge in [0, 0.05) is 25.2 Å². The molecule has 1 aromatic rings. The van der Waals surface area contributed by atoms with E-state index in [2.05, 4.69) is 43.9 Å². The number of hydrogen-bond acceptors (Lipinski definition) is 2. The van der Waals surface area contributed by atoms with Crippen LogP contribution in [-0.4, -0.2) is 17.5 Å². The first-order valence-corrected chi connectivity index (χ1v) is 6.22. The predicted octanol–water partition coefficient (Wildman–Crippen LogP) is 2.61. The lowest BCUT2D eigenvalue weighted by molar-refractivity contribution is 0.157. The van der Waals surface area contributed by atoms with Gasteiger partial charge in [-0.05, 0) is 31.4 Å². The Bertz CT molecular complexity index is 373. The molecule has 1 heterocycles. The molecule has 0 spiro atoms. The van der Waals surface area contributed by atoms with Crippen molar-refractivity contribution < 1.29 is 0 Å². The molecule has 2 unspecified atom stereocenters. The van der Waals surface area contributed by atoms with E-state index in [9.17, 15) is 0 Å². The van der Waals surface area contributed by atoms with Gasteiger partial charge >= 0.3 is 0 Å². The van der Waals surface area contributed by atoms with Crippen LogP contribution >= 0.6 is 0 Å². The maximum atomic E-state index is 5.94. The van der Waals surface area contributed by atoms with Crippen LogP contribution in [0.15, 0.2) is 18.2 Å². The maximum Gasteiger partial charge on any atom is 0.0480 e. The second kappa shape index (κ2) is 4.56. The Labute approximate surface area is 98.4 Å². The highest BCUT2D eigenvalue weighted by Crippen LogP contribution is 2.35. The van der Waals surface area contributed by atoms with Gasteiger partial charge in [0.1, 0.15) is 0 Å². The van der Waals surface area contributed by atoms with E-state index >= 15 is 0 Å². The molecule has 0 fully saturated rings. The van der Waals surface area contributed by atoms with E-state index in [1.807, 2.05) is 0 Å². The first-order valence-electron chi connectivity index (χ1n) is 6.22. The molecule has 0 radical (unpaired) electrons. The van der Waals surface area contributed by atoms with E-state index in [4.69, 9.17) is 5.73 Å². The van der Waals surface area contributed by atoms with Crippen molar-refractivity contribution in [2.24, 2.45) is 5.73 Å². The molecule has 1 aliphatic rings. The maximum absolute atomic E-state index is 5.94. The molecule has 2 rings (SSSR count). The van der Waals surface area contributed by atoms with Gasteiger partial charge in [-0.15, -0.1) is 0 Å². The molecule has 88 valence electrons. The van der Waals surface area contributed by atoms with Crippen LogP contribution < -0.4 is 5.73 Å². The normalized spacial score (nSPS) is 22.1.